The van der Waals surface area contributed by atoms with Crippen LogP contribution in [0.1, 0.15) is 18.2 Å². The fourth-order valence-corrected chi connectivity index (χ4v) is 4.09. The average Bonchev–Trinajstić information content (AvgIpc) is 3.23. The Morgan fingerprint density at radius 1 is 1.27 bits per heavy atom. The van der Waals surface area contributed by atoms with E-state index in [1.54, 1.807) is 11.8 Å². The molecule has 4 rings (SSSR count). The minimum absolute atomic E-state index is 0.0905. The van der Waals surface area contributed by atoms with Gasteiger partial charge in [-0.25, -0.2) is 4.98 Å². The van der Waals surface area contributed by atoms with Gasteiger partial charge >= 0.3 is 0 Å². The number of hydrogen-bond acceptors (Lipinski definition) is 3. The van der Waals surface area contributed by atoms with Gasteiger partial charge in [0.1, 0.15) is 5.82 Å². The number of aromatic nitrogens is 2. The lowest BCUT2D eigenvalue weighted by Gasteiger charge is -2.18. The number of rotatable bonds is 5. The van der Waals surface area contributed by atoms with Crippen LogP contribution in [0.2, 0.25) is 0 Å². The van der Waals surface area contributed by atoms with Crippen LogP contribution in [-0.4, -0.2) is 28.3 Å². The third-order valence-corrected chi connectivity index (χ3v) is 5.58. The van der Waals surface area contributed by atoms with Crippen molar-refractivity contribution in [3.8, 4) is 0 Å². The molecule has 0 spiro atoms. The zero-order valence-electron chi connectivity index (χ0n) is 14.8. The van der Waals surface area contributed by atoms with Gasteiger partial charge in [-0.2, -0.15) is 0 Å². The standard InChI is InChI=1S/C21H21N3OS/c1-3-11-23-19-10-5-4-9-18(19)22-21(23)15-12-20(25)24(14-15)16-7-6-8-17(13-16)26-2/h3-10,13,15H,1,11-12,14H2,2H3/t15-/m0/s1. The summed E-state index contributed by atoms with van der Waals surface area (Å²) in [4.78, 5) is 20.6. The molecule has 1 amide bonds. The van der Waals surface area contributed by atoms with Crippen LogP contribution in [-0.2, 0) is 11.3 Å². The van der Waals surface area contributed by atoms with Gasteiger partial charge in [0.25, 0.3) is 0 Å². The molecular weight excluding hydrogens is 342 g/mol. The maximum Gasteiger partial charge on any atom is 0.227 e. The summed E-state index contributed by atoms with van der Waals surface area (Å²) in [6, 6.07) is 16.3. The van der Waals surface area contributed by atoms with Crippen LogP contribution in [0.4, 0.5) is 5.69 Å². The van der Waals surface area contributed by atoms with Crippen molar-refractivity contribution in [2.75, 3.05) is 17.7 Å². The fraction of sp³-hybridized carbons (Fsp3) is 0.238. The number of nitrogens with zero attached hydrogens (tertiary/aromatic N) is 3. The molecule has 4 nitrogen and oxygen atoms in total. The molecule has 1 aliphatic heterocycles. The van der Waals surface area contributed by atoms with E-state index in [-0.39, 0.29) is 11.8 Å². The molecular formula is C21H21N3OS. The summed E-state index contributed by atoms with van der Waals surface area (Å²) < 4.78 is 2.18. The molecule has 2 aromatic carbocycles. The van der Waals surface area contributed by atoms with E-state index >= 15 is 0 Å². The maximum atomic E-state index is 12.7. The molecule has 0 unspecified atom stereocenters. The van der Waals surface area contributed by atoms with E-state index < -0.39 is 0 Å². The summed E-state index contributed by atoms with van der Waals surface area (Å²) in [6.45, 7) is 5.24. The van der Waals surface area contributed by atoms with E-state index in [9.17, 15) is 4.79 Å². The van der Waals surface area contributed by atoms with Gasteiger partial charge in [-0.15, -0.1) is 18.3 Å². The van der Waals surface area contributed by atoms with E-state index in [1.807, 2.05) is 47.6 Å². The number of imidazole rings is 1. The van der Waals surface area contributed by atoms with Gasteiger partial charge in [0.15, 0.2) is 0 Å². The molecule has 5 heteroatoms. The summed E-state index contributed by atoms with van der Waals surface area (Å²) in [5.41, 5.74) is 3.04. The number of hydrogen-bond donors (Lipinski definition) is 0. The highest BCUT2D eigenvalue weighted by atomic mass is 32.2. The van der Waals surface area contributed by atoms with Crippen LogP contribution in [0.15, 0.2) is 66.1 Å². The third-order valence-electron chi connectivity index (χ3n) is 4.85. The van der Waals surface area contributed by atoms with E-state index in [0.29, 0.717) is 19.5 Å². The van der Waals surface area contributed by atoms with Crippen molar-refractivity contribution < 1.29 is 4.79 Å². The molecule has 1 aliphatic rings. The van der Waals surface area contributed by atoms with E-state index in [0.717, 1.165) is 27.4 Å². The quantitative estimate of drug-likeness (QED) is 0.496. The maximum absolute atomic E-state index is 12.7. The number of para-hydroxylation sites is 2. The topological polar surface area (TPSA) is 38.1 Å². The number of anilines is 1. The first-order chi connectivity index (χ1) is 12.7. The Labute approximate surface area is 157 Å². The molecule has 2 heterocycles. The van der Waals surface area contributed by atoms with Crippen LogP contribution in [0.25, 0.3) is 11.0 Å². The molecule has 26 heavy (non-hydrogen) atoms. The van der Waals surface area contributed by atoms with Crippen LogP contribution in [0.3, 0.4) is 0 Å². The molecule has 0 bridgehead atoms. The Morgan fingerprint density at radius 3 is 2.92 bits per heavy atom. The highest BCUT2D eigenvalue weighted by molar-refractivity contribution is 7.98. The zero-order valence-corrected chi connectivity index (χ0v) is 15.6. The Kier molecular flexibility index (Phi) is 4.55. The second-order valence-corrected chi connectivity index (χ2v) is 7.34. The van der Waals surface area contributed by atoms with Crippen molar-refractivity contribution in [2.45, 2.75) is 23.8 Å². The van der Waals surface area contributed by atoms with Crippen molar-refractivity contribution in [3.05, 3.63) is 67.0 Å². The lowest BCUT2D eigenvalue weighted by Crippen LogP contribution is -2.24. The number of allylic oxidation sites excluding steroid dienone is 1. The number of carbonyl (C=O) groups is 1. The van der Waals surface area contributed by atoms with Crippen LogP contribution >= 0.6 is 11.8 Å². The normalized spacial score (nSPS) is 17.2. The smallest absolute Gasteiger partial charge is 0.227 e. The van der Waals surface area contributed by atoms with Crippen molar-refractivity contribution in [1.29, 1.82) is 0 Å². The molecule has 1 fully saturated rings. The molecule has 0 radical (unpaired) electrons. The Morgan fingerprint density at radius 2 is 2.12 bits per heavy atom. The second kappa shape index (κ2) is 7.00. The molecule has 132 valence electrons. The molecule has 0 saturated carbocycles. The van der Waals surface area contributed by atoms with E-state index in [1.165, 1.54) is 0 Å². The third kappa shape index (κ3) is 2.92. The van der Waals surface area contributed by atoms with Crippen molar-refractivity contribution in [2.24, 2.45) is 0 Å². The first-order valence-electron chi connectivity index (χ1n) is 8.71. The Balaban J connectivity index is 1.69. The zero-order chi connectivity index (χ0) is 18.1. The number of fused-ring (bicyclic) bond motifs is 1. The highest BCUT2D eigenvalue weighted by Crippen LogP contribution is 2.34. The lowest BCUT2D eigenvalue weighted by atomic mass is 10.1. The molecule has 1 saturated heterocycles. The number of amides is 1. The predicted octanol–water partition coefficient (Wildman–Crippen LogP) is 4.46. The highest BCUT2D eigenvalue weighted by Gasteiger charge is 2.34. The number of thioether (sulfide) groups is 1. The summed E-state index contributed by atoms with van der Waals surface area (Å²) in [7, 11) is 0. The summed E-state index contributed by atoms with van der Waals surface area (Å²) in [5.74, 6) is 1.22. The molecule has 0 aliphatic carbocycles. The van der Waals surface area contributed by atoms with Gasteiger partial charge in [0.05, 0.1) is 11.0 Å². The molecule has 1 aromatic heterocycles. The largest absolute Gasteiger partial charge is 0.324 e. The summed E-state index contributed by atoms with van der Waals surface area (Å²) in [6.07, 6.45) is 4.42. The molecule has 3 aromatic rings. The first kappa shape index (κ1) is 16.9. The first-order valence-corrected chi connectivity index (χ1v) is 9.94. The molecule has 0 N–H and O–H groups in total. The van der Waals surface area contributed by atoms with Gasteiger partial charge in [-0.3, -0.25) is 4.79 Å². The van der Waals surface area contributed by atoms with Gasteiger partial charge in [-0.1, -0.05) is 24.3 Å². The molecule has 1 atom stereocenters. The monoisotopic (exact) mass is 363 g/mol. The number of benzene rings is 2. The van der Waals surface area contributed by atoms with Crippen molar-refractivity contribution in [3.63, 3.8) is 0 Å². The predicted molar refractivity (Wildman–Crippen MR) is 108 cm³/mol. The lowest BCUT2D eigenvalue weighted by molar-refractivity contribution is -0.117. The van der Waals surface area contributed by atoms with Crippen LogP contribution < -0.4 is 4.90 Å². The van der Waals surface area contributed by atoms with Crippen molar-refractivity contribution in [1.82, 2.24) is 9.55 Å². The van der Waals surface area contributed by atoms with Gasteiger partial charge in [-0.05, 0) is 36.6 Å². The van der Waals surface area contributed by atoms with Crippen molar-refractivity contribution >= 4 is 34.4 Å². The van der Waals surface area contributed by atoms with Crippen LogP contribution in [0.5, 0.6) is 0 Å². The van der Waals surface area contributed by atoms with E-state index in [4.69, 9.17) is 4.98 Å². The van der Waals surface area contributed by atoms with Gasteiger partial charge in [0, 0.05) is 36.0 Å². The average molecular weight is 363 g/mol. The van der Waals surface area contributed by atoms with Crippen LogP contribution in [0, 0.1) is 0 Å². The summed E-state index contributed by atoms with van der Waals surface area (Å²) >= 11 is 1.69. The second-order valence-electron chi connectivity index (χ2n) is 6.46. The summed E-state index contributed by atoms with van der Waals surface area (Å²) in [5, 5.41) is 0. The SMILES string of the molecule is C=CCn1c([C@H]2CC(=O)N(c3cccc(SC)c3)C2)nc2ccccc21. The fourth-order valence-electron chi connectivity index (χ4n) is 3.64. The minimum Gasteiger partial charge on any atom is -0.324 e. The number of carbonyl (C=O) groups excluding carboxylic acids is 1. The Hall–Kier alpha value is -2.53. The minimum atomic E-state index is 0.0905. The van der Waals surface area contributed by atoms with Gasteiger partial charge in [0.2, 0.25) is 5.91 Å². The van der Waals surface area contributed by atoms with Gasteiger partial charge < -0.3 is 9.47 Å². The Bertz CT molecular complexity index is 978. The van der Waals surface area contributed by atoms with E-state index in [2.05, 4.69) is 29.3 Å².